The molecule has 0 aliphatic rings. The van der Waals surface area contributed by atoms with Crippen molar-refractivity contribution >= 4 is 11.2 Å². The molecule has 2 aromatic heterocycles. The number of aryl methyl sites for hydroxylation is 3. The molecule has 0 unspecified atom stereocenters. The summed E-state index contributed by atoms with van der Waals surface area (Å²) in [6.45, 7) is 3.63. The molecule has 68 valence electrons. The number of aromatic nitrogens is 3. The zero-order valence-electron chi connectivity index (χ0n) is 7.87. The average molecular weight is 177 g/mol. The molecule has 13 heavy (non-hydrogen) atoms. The van der Waals surface area contributed by atoms with Gasteiger partial charge in [0.1, 0.15) is 11.3 Å². The molecule has 0 fully saturated rings. The Morgan fingerprint density at radius 3 is 2.77 bits per heavy atom. The molecule has 0 bridgehead atoms. The van der Waals surface area contributed by atoms with Gasteiger partial charge in [0.25, 0.3) is 0 Å². The van der Waals surface area contributed by atoms with Crippen LogP contribution in [0.4, 0.5) is 0 Å². The highest BCUT2D eigenvalue weighted by Crippen LogP contribution is 2.25. The molecule has 0 atom stereocenters. The fourth-order valence-electron chi connectivity index (χ4n) is 1.42. The maximum Gasteiger partial charge on any atom is 0.160 e. The first kappa shape index (κ1) is 8.04. The van der Waals surface area contributed by atoms with Crippen molar-refractivity contribution in [2.75, 3.05) is 0 Å². The van der Waals surface area contributed by atoms with Crippen LogP contribution < -0.4 is 0 Å². The van der Waals surface area contributed by atoms with E-state index in [1.165, 1.54) is 0 Å². The molecule has 4 nitrogen and oxygen atoms in total. The van der Waals surface area contributed by atoms with Crippen molar-refractivity contribution in [3.63, 3.8) is 0 Å². The summed E-state index contributed by atoms with van der Waals surface area (Å²) in [7, 11) is 1.89. The third kappa shape index (κ3) is 0.983. The van der Waals surface area contributed by atoms with Crippen LogP contribution in [0.1, 0.15) is 11.3 Å². The van der Waals surface area contributed by atoms with E-state index in [1.54, 1.807) is 13.3 Å². The Kier molecular flexibility index (Phi) is 1.52. The summed E-state index contributed by atoms with van der Waals surface area (Å²) in [4.78, 5) is 8.41. The van der Waals surface area contributed by atoms with Crippen LogP contribution in [0.5, 0.6) is 5.75 Å². The van der Waals surface area contributed by atoms with Gasteiger partial charge in [-0.05, 0) is 13.8 Å². The van der Waals surface area contributed by atoms with Crippen LogP contribution in [-0.2, 0) is 7.05 Å². The lowest BCUT2D eigenvalue weighted by Gasteiger charge is -2.03. The maximum atomic E-state index is 9.60. The Morgan fingerprint density at radius 1 is 1.38 bits per heavy atom. The number of aromatic hydroxyl groups is 1. The van der Waals surface area contributed by atoms with Crippen LogP contribution >= 0.6 is 0 Å². The van der Waals surface area contributed by atoms with E-state index in [9.17, 15) is 5.11 Å². The Hall–Kier alpha value is -1.58. The first-order valence-corrected chi connectivity index (χ1v) is 4.08. The van der Waals surface area contributed by atoms with E-state index >= 15 is 0 Å². The molecule has 0 amide bonds. The molecule has 0 aliphatic carbocycles. The van der Waals surface area contributed by atoms with Gasteiger partial charge < -0.3 is 9.67 Å². The highest BCUT2D eigenvalue weighted by Gasteiger charge is 2.10. The summed E-state index contributed by atoms with van der Waals surface area (Å²) >= 11 is 0. The van der Waals surface area contributed by atoms with Crippen LogP contribution in [0.25, 0.3) is 11.2 Å². The van der Waals surface area contributed by atoms with Gasteiger partial charge in [0.15, 0.2) is 5.65 Å². The molecule has 0 aliphatic heterocycles. The first-order chi connectivity index (χ1) is 6.11. The van der Waals surface area contributed by atoms with Gasteiger partial charge in [0.2, 0.25) is 0 Å². The van der Waals surface area contributed by atoms with Gasteiger partial charge in [0.05, 0.1) is 12.0 Å². The minimum Gasteiger partial charge on any atom is -0.506 e. The zero-order valence-corrected chi connectivity index (χ0v) is 7.87. The lowest BCUT2D eigenvalue weighted by molar-refractivity contribution is 0.464. The van der Waals surface area contributed by atoms with Gasteiger partial charge in [-0.2, -0.15) is 0 Å². The molecule has 2 aromatic rings. The van der Waals surface area contributed by atoms with E-state index in [2.05, 4.69) is 9.97 Å². The maximum absolute atomic E-state index is 9.60. The van der Waals surface area contributed by atoms with E-state index in [1.807, 2.05) is 18.5 Å². The summed E-state index contributed by atoms with van der Waals surface area (Å²) in [5, 5.41) is 9.60. The van der Waals surface area contributed by atoms with E-state index in [-0.39, 0.29) is 5.75 Å². The third-order valence-corrected chi connectivity index (χ3v) is 2.23. The molecular weight excluding hydrogens is 166 g/mol. The van der Waals surface area contributed by atoms with E-state index in [4.69, 9.17) is 0 Å². The Balaban J connectivity index is 2.96. The Bertz CT molecular complexity index is 473. The van der Waals surface area contributed by atoms with Gasteiger partial charge in [-0.25, -0.2) is 9.97 Å². The van der Waals surface area contributed by atoms with Crippen molar-refractivity contribution in [2.24, 2.45) is 7.05 Å². The van der Waals surface area contributed by atoms with Gasteiger partial charge >= 0.3 is 0 Å². The van der Waals surface area contributed by atoms with Crippen molar-refractivity contribution in [1.82, 2.24) is 14.5 Å². The smallest absolute Gasteiger partial charge is 0.160 e. The molecule has 0 aromatic carbocycles. The van der Waals surface area contributed by atoms with Crippen LogP contribution in [0.3, 0.4) is 0 Å². The second-order valence-corrected chi connectivity index (χ2v) is 3.20. The van der Waals surface area contributed by atoms with Crippen molar-refractivity contribution in [1.29, 1.82) is 0 Å². The fourth-order valence-corrected chi connectivity index (χ4v) is 1.42. The van der Waals surface area contributed by atoms with E-state index < -0.39 is 0 Å². The summed E-state index contributed by atoms with van der Waals surface area (Å²) in [6, 6.07) is 0. The molecule has 0 spiro atoms. The Labute approximate surface area is 75.9 Å². The zero-order chi connectivity index (χ0) is 9.59. The number of pyridine rings is 1. The van der Waals surface area contributed by atoms with Crippen molar-refractivity contribution in [3.05, 3.63) is 17.6 Å². The van der Waals surface area contributed by atoms with Crippen LogP contribution in [0, 0.1) is 13.8 Å². The fraction of sp³-hybridized carbons (Fsp3) is 0.333. The average Bonchev–Trinajstić information content (AvgIpc) is 2.45. The molecule has 1 N–H and O–H groups in total. The number of imidazole rings is 1. The largest absolute Gasteiger partial charge is 0.506 e. The van der Waals surface area contributed by atoms with Gasteiger partial charge in [-0.3, -0.25) is 0 Å². The lowest BCUT2D eigenvalue weighted by Crippen LogP contribution is -1.92. The second-order valence-electron chi connectivity index (χ2n) is 3.20. The molecule has 0 radical (unpaired) electrons. The predicted octanol–water partition coefficient (Wildman–Crippen LogP) is 1.29. The lowest BCUT2D eigenvalue weighted by atomic mass is 10.2. The quantitative estimate of drug-likeness (QED) is 0.659. The summed E-state index contributed by atoms with van der Waals surface area (Å²) in [6.07, 6.45) is 1.70. The van der Waals surface area contributed by atoms with Crippen molar-refractivity contribution in [3.8, 4) is 5.75 Å². The molecule has 4 heteroatoms. The van der Waals surface area contributed by atoms with E-state index in [0.29, 0.717) is 5.69 Å². The first-order valence-electron chi connectivity index (χ1n) is 4.08. The SMILES string of the molecule is Cc1nc2c(ncn2C)c(C)c1O. The second kappa shape index (κ2) is 2.45. The predicted molar refractivity (Wildman–Crippen MR) is 49.6 cm³/mol. The molecule has 2 rings (SSSR count). The normalized spacial score (nSPS) is 11.0. The Morgan fingerprint density at radius 2 is 2.08 bits per heavy atom. The molecule has 2 heterocycles. The van der Waals surface area contributed by atoms with Gasteiger partial charge in [0, 0.05) is 12.6 Å². The summed E-state index contributed by atoms with van der Waals surface area (Å²) in [5.41, 5.74) is 3.02. The monoisotopic (exact) mass is 177 g/mol. The highest BCUT2D eigenvalue weighted by molar-refractivity contribution is 5.77. The highest BCUT2D eigenvalue weighted by atomic mass is 16.3. The van der Waals surface area contributed by atoms with Crippen LogP contribution in [0.15, 0.2) is 6.33 Å². The summed E-state index contributed by atoms with van der Waals surface area (Å²) < 4.78 is 1.84. The van der Waals surface area contributed by atoms with Crippen molar-refractivity contribution < 1.29 is 5.11 Å². The number of fused-ring (bicyclic) bond motifs is 1. The number of rotatable bonds is 0. The number of hydrogen-bond donors (Lipinski definition) is 1. The molecular formula is C9H11N3O. The summed E-state index contributed by atoms with van der Waals surface area (Å²) in [5.74, 6) is 0.242. The number of nitrogens with zero attached hydrogens (tertiary/aromatic N) is 3. The minimum absolute atomic E-state index is 0.242. The molecule has 0 saturated carbocycles. The minimum atomic E-state index is 0.242. The van der Waals surface area contributed by atoms with Crippen LogP contribution in [0.2, 0.25) is 0 Å². The number of hydrogen-bond acceptors (Lipinski definition) is 3. The third-order valence-electron chi connectivity index (χ3n) is 2.23. The van der Waals surface area contributed by atoms with Gasteiger partial charge in [-0.15, -0.1) is 0 Å². The van der Waals surface area contributed by atoms with E-state index in [0.717, 1.165) is 16.7 Å². The van der Waals surface area contributed by atoms with Crippen LogP contribution in [-0.4, -0.2) is 19.6 Å². The van der Waals surface area contributed by atoms with Gasteiger partial charge in [-0.1, -0.05) is 0 Å². The standard InChI is InChI=1S/C9H11N3O/c1-5-7-9(12(3)4-10-7)11-6(2)8(5)13/h4,13H,1-3H3. The molecule has 0 saturated heterocycles. The van der Waals surface area contributed by atoms with Crippen molar-refractivity contribution in [2.45, 2.75) is 13.8 Å². The topological polar surface area (TPSA) is 50.9 Å².